The van der Waals surface area contributed by atoms with Gasteiger partial charge in [0.25, 0.3) is 15.9 Å². The lowest BCUT2D eigenvalue weighted by molar-refractivity contribution is 0.0971. The molecule has 6 rings (SSSR count). The summed E-state index contributed by atoms with van der Waals surface area (Å²) >= 11 is 12.6. The fraction of sp³-hybridized carbons (Fsp3) is 0.250. The molecule has 1 aromatic heterocycles. The first-order valence-corrected chi connectivity index (χ1v) is 19.4. The normalized spacial score (nSPS) is 13.7. The molecule has 1 N–H and O–H groups in total. The van der Waals surface area contributed by atoms with Crippen molar-refractivity contribution in [3.05, 3.63) is 122 Å². The number of ether oxygens (including phenoxy) is 1. The van der Waals surface area contributed by atoms with Gasteiger partial charge in [0.1, 0.15) is 11.4 Å². The number of aryl methyl sites for hydroxylation is 4. The van der Waals surface area contributed by atoms with Gasteiger partial charge in [-0.05, 0) is 116 Å². The number of aromatic nitrogens is 1. The number of nitrogens with zero attached hydrogens (tertiary/aromatic N) is 2. The van der Waals surface area contributed by atoms with Crippen molar-refractivity contribution in [2.24, 2.45) is 0 Å². The number of hydrogen-bond acceptors (Lipinski definition) is 6. The number of carbonyl (C=O) groups excluding carboxylic acids is 1. The Balaban J connectivity index is 1.20. The van der Waals surface area contributed by atoms with Gasteiger partial charge < -0.3 is 9.30 Å². The Morgan fingerprint density at radius 1 is 0.857 bits per heavy atom. The zero-order valence-corrected chi connectivity index (χ0v) is 30.3. The first-order chi connectivity index (χ1) is 23.3. The van der Waals surface area contributed by atoms with Crippen LogP contribution in [0.25, 0.3) is 10.9 Å². The molecule has 2 heterocycles. The molecule has 0 bridgehead atoms. The topological polar surface area (TPSA) is 115 Å². The summed E-state index contributed by atoms with van der Waals surface area (Å²) in [5, 5.41) is 1.89. The van der Waals surface area contributed by atoms with Crippen molar-refractivity contribution in [1.82, 2.24) is 13.6 Å². The van der Waals surface area contributed by atoms with E-state index in [-0.39, 0.29) is 22.0 Å². The van der Waals surface area contributed by atoms with Gasteiger partial charge in [-0.15, -0.1) is 0 Å². The largest absolute Gasteiger partial charge is 0.494 e. The first kappa shape index (κ1) is 35.0. The van der Waals surface area contributed by atoms with Crippen molar-refractivity contribution in [1.29, 1.82) is 0 Å². The highest BCUT2D eigenvalue weighted by Crippen LogP contribution is 2.31. The predicted molar refractivity (Wildman–Crippen MR) is 192 cm³/mol. The number of hydrogen-bond donors (Lipinski definition) is 1. The molecule has 256 valence electrons. The van der Waals surface area contributed by atoms with Gasteiger partial charge in [-0.2, -0.15) is 4.31 Å². The Hall–Kier alpha value is -3.87. The Labute approximate surface area is 296 Å². The van der Waals surface area contributed by atoms with Crippen LogP contribution in [-0.2, 0) is 39.6 Å². The second kappa shape index (κ2) is 13.8. The number of nitrogens with one attached hydrogen (secondary N) is 1. The van der Waals surface area contributed by atoms with Crippen molar-refractivity contribution >= 4 is 60.1 Å². The fourth-order valence-electron chi connectivity index (χ4n) is 6.27. The van der Waals surface area contributed by atoms with Gasteiger partial charge in [0.15, 0.2) is 0 Å². The van der Waals surface area contributed by atoms with Gasteiger partial charge in [-0.1, -0.05) is 47.5 Å². The Kier molecular flexibility index (Phi) is 9.85. The van der Waals surface area contributed by atoms with Crippen LogP contribution < -0.4 is 9.46 Å². The second-order valence-corrected chi connectivity index (χ2v) is 16.6. The molecule has 0 saturated heterocycles. The smallest absolute Gasteiger partial charge is 0.281 e. The highest BCUT2D eigenvalue weighted by molar-refractivity contribution is 7.90. The summed E-state index contributed by atoms with van der Waals surface area (Å²) in [6.45, 7) is 6.81. The molecule has 0 aliphatic carbocycles. The van der Waals surface area contributed by atoms with Crippen LogP contribution in [0.15, 0.2) is 88.7 Å². The molecule has 49 heavy (non-hydrogen) atoms. The molecule has 5 aromatic rings. The third-order valence-corrected chi connectivity index (χ3v) is 12.8. The highest BCUT2D eigenvalue weighted by Gasteiger charge is 2.30. The number of benzene rings is 4. The van der Waals surface area contributed by atoms with Crippen molar-refractivity contribution in [3.8, 4) is 5.75 Å². The first-order valence-electron chi connectivity index (χ1n) is 15.7. The molecular weight excluding hydrogens is 705 g/mol. The minimum absolute atomic E-state index is 0.0313. The monoisotopic (exact) mass is 739 g/mol. The Bertz CT molecular complexity index is 2280. The van der Waals surface area contributed by atoms with E-state index in [0.29, 0.717) is 53.9 Å². The van der Waals surface area contributed by atoms with Crippen LogP contribution >= 0.6 is 23.2 Å². The van der Waals surface area contributed by atoms with Gasteiger partial charge in [0, 0.05) is 40.6 Å². The molecule has 0 radical (unpaired) electrons. The molecule has 0 fully saturated rings. The molecule has 0 atom stereocenters. The molecule has 1 aliphatic rings. The van der Waals surface area contributed by atoms with Gasteiger partial charge in [-0.25, -0.2) is 21.6 Å². The molecule has 1 aliphatic heterocycles. The van der Waals surface area contributed by atoms with E-state index in [9.17, 15) is 21.6 Å². The molecule has 0 unspecified atom stereocenters. The molecule has 1 amide bonds. The maximum atomic E-state index is 13.7. The van der Waals surface area contributed by atoms with Gasteiger partial charge >= 0.3 is 0 Å². The van der Waals surface area contributed by atoms with E-state index in [1.165, 1.54) is 28.6 Å². The minimum Gasteiger partial charge on any atom is -0.494 e. The van der Waals surface area contributed by atoms with Crippen LogP contribution in [0.3, 0.4) is 0 Å². The lowest BCUT2D eigenvalue weighted by Gasteiger charge is -2.28. The van der Waals surface area contributed by atoms with Crippen LogP contribution in [0.4, 0.5) is 0 Å². The summed E-state index contributed by atoms with van der Waals surface area (Å²) in [7, 11) is -8.25. The van der Waals surface area contributed by atoms with Gasteiger partial charge in [0.2, 0.25) is 10.0 Å². The van der Waals surface area contributed by atoms with Crippen LogP contribution in [-0.4, -0.2) is 44.8 Å². The molecular formula is C36H35Cl2N3O6S2. The van der Waals surface area contributed by atoms with Crippen LogP contribution in [0.2, 0.25) is 10.0 Å². The van der Waals surface area contributed by atoms with Crippen molar-refractivity contribution < 1.29 is 26.4 Å². The molecule has 9 nitrogen and oxygen atoms in total. The van der Waals surface area contributed by atoms with E-state index in [2.05, 4.69) is 4.72 Å². The van der Waals surface area contributed by atoms with E-state index < -0.39 is 26.0 Å². The van der Waals surface area contributed by atoms with Crippen molar-refractivity contribution in [2.75, 3.05) is 13.2 Å². The van der Waals surface area contributed by atoms with Crippen LogP contribution in [0.1, 0.15) is 44.7 Å². The zero-order valence-electron chi connectivity index (χ0n) is 27.2. The number of amides is 1. The average molecular weight is 741 g/mol. The summed E-state index contributed by atoms with van der Waals surface area (Å²) in [6.07, 6.45) is 1.10. The molecule has 0 saturated carbocycles. The summed E-state index contributed by atoms with van der Waals surface area (Å²) < 4.78 is 65.1. The third-order valence-electron chi connectivity index (χ3n) is 8.79. The number of sulfonamides is 2. The Morgan fingerprint density at radius 2 is 1.51 bits per heavy atom. The molecule has 13 heteroatoms. The van der Waals surface area contributed by atoms with Gasteiger partial charge in [-0.3, -0.25) is 4.79 Å². The summed E-state index contributed by atoms with van der Waals surface area (Å²) in [6, 6.07) is 21.6. The average Bonchev–Trinajstić information content (AvgIpc) is 3.35. The summed E-state index contributed by atoms with van der Waals surface area (Å²) in [4.78, 5) is 13.5. The van der Waals surface area contributed by atoms with Gasteiger partial charge in [0.05, 0.1) is 16.4 Å². The Morgan fingerprint density at radius 3 is 2.20 bits per heavy atom. The zero-order chi connectivity index (χ0) is 35.1. The van der Waals surface area contributed by atoms with E-state index >= 15 is 0 Å². The van der Waals surface area contributed by atoms with Crippen LogP contribution in [0, 0.1) is 20.8 Å². The van der Waals surface area contributed by atoms with E-state index in [4.69, 9.17) is 27.9 Å². The van der Waals surface area contributed by atoms with E-state index in [1.807, 2.05) is 50.2 Å². The summed E-state index contributed by atoms with van der Waals surface area (Å²) in [5.41, 5.74) is 5.32. The lowest BCUT2D eigenvalue weighted by atomic mass is 10.0. The van der Waals surface area contributed by atoms with E-state index in [0.717, 1.165) is 33.2 Å². The number of fused-ring (bicyclic) bond motifs is 2. The van der Waals surface area contributed by atoms with Crippen LogP contribution in [0.5, 0.6) is 5.75 Å². The molecule has 0 spiro atoms. The number of carbonyl (C=O) groups is 1. The third kappa shape index (κ3) is 7.09. The molecule has 4 aromatic carbocycles. The summed E-state index contributed by atoms with van der Waals surface area (Å²) in [5.74, 6) is -0.137. The minimum atomic E-state index is -4.37. The van der Waals surface area contributed by atoms with Crippen molar-refractivity contribution in [2.45, 2.75) is 56.5 Å². The number of rotatable bonds is 10. The maximum absolute atomic E-state index is 13.7. The number of halogens is 2. The lowest BCUT2D eigenvalue weighted by Crippen LogP contribution is -2.36. The SMILES string of the molecule is Cc1cc(OCCCn2c(C(=O)NS(=O)(=O)c3ccc(S(=O)(=O)N4CCc5ccccc5C4)cc3)c(C)c3cc(Cl)ccc32)cc(C)c1Cl. The maximum Gasteiger partial charge on any atom is 0.281 e. The second-order valence-electron chi connectivity index (χ2n) is 12.1. The standard InChI is InChI=1S/C36H35Cl2N3O6S2/c1-23-19-29(20-24(2)34(23)38)47-18-6-16-41-33-14-9-28(37)21-32(33)25(3)35(41)36(42)39-48(43,44)30-10-12-31(13-11-30)49(45,46)40-17-15-26-7-4-5-8-27(26)22-40/h4-5,7-14,19-21H,6,15-18,22H2,1-3H3,(H,39,42). The predicted octanol–water partition coefficient (Wildman–Crippen LogP) is 7.21. The quantitative estimate of drug-likeness (QED) is 0.152. The fourth-order valence-corrected chi connectivity index (χ4v) is 8.92. The highest BCUT2D eigenvalue weighted by atomic mass is 35.5. The van der Waals surface area contributed by atoms with Crippen molar-refractivity contribution in [3.63, 3.8) is 0 Å². The van der Waals surface area contributed by atoms with E-state index in [1.54, 1.807) is 29.7 Å².